The second-order valence-corrected chi connectivity index (χ2v) is 8.97. The van der Waals surface area contributed by atoms with Gasteiger partial charge in [-0.25, -0.2) is 4.68 Å². The lowest BCUT2D eigenvalue weighted by Gasteiger charge is -2.27. The molecule has 2 aromatic carbocycles. The Hall–Kier alpha value is -4.68. The van der Waals surface area contributed by atoms with Crippen molar-refractivity contribution in [2.45, 2.75) is 20.8 Å². The summed E-state index contributed by atoms with van der Waals surface area (Å²) in [5, 5.41) is 14.9. The molecule has 1 aliphatic heterocycles. The maximum atomic E-state index is 13.5. The number of ether oxygens (including phenoxy) is 2. The topological polar surface area (TPSA) is 115 Å². The highest BCUT2D eigenvalue weighted by Gasteiger charge is 2.35. The van der Waals surface area contributed by atoms with Crippen LogP contribution in [-0.2, 0) is 19.1 Å². The average Bonchev–Trinajstić information content (AvgIpc) is 3.34. The number of amides is 2. The van der Waals surface area contributed by atoms with Crippen molar-refractivity contribution in [2.75, 3.05) is 19.8 Å². The van der Waals surface area contributed by atoms with E-state index < -0.39 is 17.8 Å². The molecule has 0 fully saturated rings. The number of nitrogens with zero attached hydrogens (tertiary/aromatic N) is 4. The number of carbonyl (C=O) groups is 3. The smallest absolute Gasteiger partial charge is 0.302 e. The molecule has 9 nitrogen and oxygen atoms in total. The van der Waals surface area contributed by atoms with Gasteiger partial charge >= 0.3 is 5.97 Å². The van der Waals surface area contributed by atoms with Crippen LogP contribution in [0.2, 0.25) is 5.02 Å². The second kappa shape index (κ2) is 11.8. The van der Waals surface area contributed by atoms with Crippen LogP contribution in [0.4, 0.5) is 0 Å². The number of imide groups is 1. The molecule has 0 radical (unpaired) electrons. The van der Waals surface area contributed by atoms with E-state index in [0.29, 0.717) is 34.2 Å². The number of hydrogen-bond acceptors (Lipinski definition) is 7. The minimum absolute atomic E-state index is 0.153. The fourth-order valence-electron chi connectivity index (χ4n) is 4.12. The molecule has 39 heavy (non-hydrogen) atoms. The fourth-order valence-corrected chi connectivity index (χ4v) is 4.36. The van der Waals surface area contributed by atoms with Gasteiger partial charge in [0.15, 0.2) is 0 Å². The van der Waals surface area contributed by atoms with Crippen molar-refractivity contribution in [3.63, 3.8) is 0 Å². The first-order valence-electron chi connectivity index (χ1n) is 12.2. The Labute approximate surface area is 230 Å². The molecule has 0 spiro atoms. The summed E-state index contributed by atoms with van der Waals surface area (Å²) in [6.45, 7) is 4.74. The van der Waals surface area contributed by atoms with E-state index in [1.54, 1.807) is 36.0 Å². The van der Waals surface area contributed by atoms with Gasteiger partial charge in [-0.3, -0.25) is 19.3 Å². The summed E-state index contributed by atoms with van der Waals surface area (Å²) in [4.78, 5) is 38.4. The number of aromatic nitrogens is 2. The summed E-state index contributed by atoms with van der Waals surface area (Å²) in [7, 11) is 0. The molecule has 0 bridgehead atoms. The predicted octanol–water partition coefficient (Wildman–Crippen LogP) is 4.75. The molecule has 0 aliphatic carbocycles. The number of hydrogen-bond donors (Lipinski definition) is 0. The van der Waals surface area contributed by atoms with Gasteiger partial charge in [-0.05, 0) is 55.8 Å². The maximum absolute atomic E-state index is 13.5. The van der Waals surface area contributed by atoms with E-state index in [1.807, 2.05) is 49.4 Å². The highest BCUT2D eigenvalue weighted by atomic mass is 35.5. The van der Waals surface area contributed by atoms with Crippen LogP contribution in [0, 0.1) is 11.3 Å². The SMILES string of the molecule is CCOc1ccc(-c2nn(-c3ccccc3)cc2/C=C2/C(=O)N(CCOC(C)=O)C(=O)C(C#N)=C2C)cc1Cl. The van der Waals surface area contributed by atoms with E-state index >= 15 is 0 Å². The lowest BCUT2D eigenvalue weighted by molar-refractivity contribution is -0.147. The number of rotatable bonds is 8. The predicted molar refractivity (Wildman–Crippen MR) is 145 cm³/mol. The van der Waals surface area contributed by atoms with Gasteiger partial charge < -0.3 is 9.47 Å². The quantitative estimate of drug-likeness (QED) is 0.228. The molecule has 0 N–H and O–H groups in total. The summed E-state index contributed by atoms with van der Waals surface area (Å²) in [6.07, 6.45) is 3.36. The molecular formula is C29H25ClN4O5. The monoisotopic (exact) mass is 544 g/mol. The third kappa shape index (κ3) is 5.76. The van der Waals surface area contributed by atoms with Crippen LogP contribution >= 0.6 is 11.6 Å². The van der Waals surface area contributed by atoms with Crippen LogP contribution in [0.5, 0.6) is 5.75 Å². The van der Waals surface area contributed by atoms with Crippen molar-refractivity contribution in [1.29, 1.82) is 5.26 Å². The molecule has 0 saturated heterocycles. The molecule has 0 atom stereocenters. The van der Waals surface area contributed by atoms with Crippen LogP contribution in [-0.4, -0.2) is 52.2 Å². The van der Waals surface area contributed by atoms with Gasteiger partial charge in [0.25, 0.3) is 11.8 Å². The Morgan fingerprint density at radius 3 is 2.54 bits per heavy atom. The second-order valence-electron chi connectivity index (χ2n) is 8.56. The Balaban J connectivity index is 1.85. The van der Waals surface area contributed by atoms with E-state index in [1.165, 1.54) is 6.92 Å². The number of benzene rings is 2. The molecule has 2 heterocycles. The molecule has 1 aromatic heterocycles. The number of carbonyl (C=O) groups excluding carboxylic acids is 3. The fraction of sp³-hybridized carbons (Fsp3) is 0.207. The zero-order chi connectivity index (χ0) is 28.1. The van der Waals surface area contributed by atoms with E-state index in [9.17, 15) is 19.6 Å². The average molecular weight is 545 g/mol. The van der Waals surface area contributed by atoms with Gasteiger partial charge in [0.1, 0.15) is 29.7 Å². The molecule has 3 aromatic rings. The normalized spacial score (nSPS) is 14.5. The zero-order valence-electron chi connectivity index (χ0n) is 21.6. The largest absolute Gasteiger partial charge is 0.492 e. The van der Waals surface area contributed by atoms with Crippen LogP contribution in [0.25, 0.3) is 23.0 Å². The third-order valence-electron chi connectivity index (χ3n) is 6.01. The van der Waals surface area contributed by atoms with Crippen molar-refractivity contribution in [3.8, 4) is 28.8 Å². The first-order chi connectivity index (χ1) is 18.7. The highest BCUT2D eigenvalue weighted by molar-refractivity contribution is 6.32. The first kappa shape index (κ1) is 27.4. The van der Waals surface area contributed by atoms with Crippen molar-refractivity contribution < 1.29 is 23.9 Å². The Bertz CT molecular complexity index is 1550. The standard InChI is InChI=1S/C29H25ClN4O5/c1-4-38-26-11-10-20(15-25(26)30)27-21(17-34(32-27)22-8-6-5-7-9-22)14-23-18(2)24(16-31)29(37)33(28(23)36)12-13-39-19(3)35/h5-11,14-15,17H,4,12-13H2,1-3H3/b23-14+. The number of halogens is 1. The summed E-state index contributed by atoms with van der Waals surface area (Å²) in [6, 6.07) is 16.6. The molecule has 4 rings (SSSR count). The van der Waals surface area contributed by atoms with Crippen LogP contribution < -0.4 is 4.74 Å². The van der Waals surface area contributed by atoms with Gasteiger partial charge in [0.05, 0.1) is 23.9 Å². The van der Waals surface area contributed by atoms with Gasteiger partial charge in [-0.15, -0.1) is 0 Å². The summed E-state index contributed by atoms with van der Waals surface area (Å²) >= 11 is 6.46. The lowest BCUT2D eigenvalue weighted by Crippen LogP contribution is -2.44. The summed E-state index contributed by atoms with van der Waals surface area (Å²) in [5.74, 6) is -1.34. The Morgan fingerprint density at radius 1 is 1.15 bits per heavy atom. The third-order valence-corrected chi connectivity index (χ3v) is 6.31. The van der Waals surface area contributed by atoms with Gasteiger partial charge in [-0.1, -0.05) is 29.8 Å². The molecule has 10 heteroatoms. The number of nitriles is 1. The van der Waals surface area contributed by atoms with Crippen molar-refractivity contribution >= 4 is 35.5 Å². The highest BCUT2D eigenvalue weighted by Crippen LogP contribution is 2.34. The van der Waals surface area contributed by atoms with E-state index in [4.69, 9.17) is 26.2 Å². The van der Waals surface area contributed by atoms with Crippen LogP contribution in [0.1, 0.15) is 26.3 Å². The van der Waals surface area contributed by atoms with E-state index in [0.717, 1.165) is 10.6 Å². The zero-order valence-corrected chi connectivity index (χ0v) is 22.4. The summed E-state index contributed by atoms with van der Waals surface area (Å²) in [5.41, 5.74) is 2.80. The molecule has 1 aliphatic rings. The first-order valence-corrected chi connectivity index (χ1v) is 12.5. The van der Waals surface area contributed by atoms with Crippen LogP contribution in [0.15, 0.2) is 71.4 Å². The van der Waals surface area contributed by atoms with Crippen molar-refractivity contribution in [2.24, 2.45) is 0 Å². The van der Waals surface area contributed by atoms with Crippen LogP contribution in [0.3, 0.4) is 0 Å². The molecule has 0 saturated carbocycles. The number of para-hydroxylation sites is 1. The molecular weight excluding hydrogens is 520 g/mol. The summed E-state index contributed by atoms with van der Waals surface area (Å²) < 4.78 is 12.1. The maximum Gasteiger partial charge on any atom is 0.302 e. The van der Waals surface area contributed by atoms with Gasteiger partial charge in [0, 0.05) is 29.8 Å². The van der Waals surface area contributed by atoms with Crippen molar-refractivity contribution in [1.82, 2.24) is 14.7 Å². The minimum atomic E-state index is -0.734. The molecule has 198 valence electrons. The van der Waals surface area contributed by atoms with Gasteiger partial charge in [0.2, 0.25) is 0 Å². The number of esters is 1. The van der Waals surface area contributed by atoms with Gasteiger partial charge in [-0.2, -0.15) is 10.4 Å². The molecule has 2 amide bonds. The van der Waals surface area contributed by atoms with Crippen molar-refractivity contribution in [3.05, 3.63) is 82.0 Å². The Kier molecular flexibility index (Phi) is 8.27. The Morgan fingerprint density at radius 2 is 1.90 bits per heavy atom. The minimum Gasteiger partial charge on any atom is -0.492 e. The lowest BCUT2D eigenvalue weighted by atomic mass is 9.93. The molecule has 0 unspecified atom stereocenters. The van der Waals surface area contributed by atoms with E-state index in [-0.39, 0.29) is 29.9 Å². The van der Waals surface area contributed by atoms with E-state index in [2.05, 4.69) is 0 Å².